The normalized spacial score (nSPS) is 12.7. The third-order valence-corrected chi connectivity index (χ3v) is 3.64. The van der Waals surface area contributed by atoms with Gasteiger partial charge in [0, 0.05) is 29.0 Å². The van der Waals surface area contributed by atoms with Crippen LogP contribution in [-0.2, 0) is 6.42 Å². The van der Waals surface area contributed by atoms with Crippen molar-refractivity contribution >= 4 is 27.7 Å². The first-order valence-corrected chi connectivity index (χ1v) is 7.02. The van der Waals surface area contributed by atoms with Crippen LogP contribution in [0.5, 0.6) is 0 Å². The number of thioether (sulfide) groups is 1. The summed E-state index contributed by atoms with van der Waals surface area (Å²) in [4.78, 5) is 4.07. The maximum absolute atomic E-state index is 9.76. The minimum Gasteiger partial charge on any atom is -0.392 e. The largest absolute Gasteiger partial charge is 0.392 e. The number of aliphatic hydroxyl groups excluding tert-OH is 1. The van der Waals surface area contributed by atoms with Gasteiger partial charge in [-0.05, 0) is 39.7 Å². The van der Waals surface area contributed by atoms with Crippen molar-refractivity contribution in [3.8, 4) is 0 Å². The lowest BCUT2D eigenvalue weighted by molar-refractivity contribution is 0.200. The summed E-state index contributed by atoms with van der Waals surface area (Å²) in [5.41, 5.74) is 1.08. The van der Waals surface area contributed by atoms with Gasteiger partial charge < -0.3 is 5.11 Å². The van der Waals surface area contributed by atoms with Crippen molar-refractivity contribution < 1.29 is 5.11 Å². The van der Waals surface area contributed by atoms with Crippen LogP contribution in [0.25, 0.3) is 0 Å². The fourth-order valence-electron chi connectivity index (χ4n) is 1.26. The second-order valence-electron chi connectivity index (χ2n) is 3.44. The lowest BCUT2D eigenvalue weighted by Crippen LogP contribution is -2.14. The second kappa shape index (κ2) is 7.25. The van der Waals surface area contributed by atoms with Gasteiger partial charge >= 0.3 is 0 Å². The van der Waals surface area contributed by atoms with Crippen LogP contribution in [-0.4, -0.2) is 27.7 Å². The molecule has 0 aliphatic carbocycles. The zero-order chi connectivity index (χ0) is 11.1. The Morgan fingerprint density at radius 3 is 3.00 bits per heavy atom. The standard InChI is InChI=1S/C11H16BrNOS/c1-2-3-15-8-11(14)5-9-4-10(12)7-13-6-9/h4,6-7,11,14H,2-3,5,8H2,1H3. The Labute approximate surface area is 104 Å². The van der Waals surface area contributed by atoms with Crippen LogP contribution in [0, 0.1) is 0 Å². The molecule has 1 rings (SSSR count). The SMILES string of the molecule is CCCSCC(O)Cc1cncc(Br)c1. The Morgan fingerprint density at radius 2 is 2.33 bits per heavy atom. The van der Waals surface area contributed by atoms with Crippen molar-refractivity contribution in [1.29, 1.82) is 0 Å². The lowest BCUT2D eigenvalue weighted by Gasteiger charge is -2.09. The van der Waals surface area contributed by atoms with Crippen molar-refractivity contribution in [2.24, 2.45) is 0 Å². The molecule has 1 aromatic heterocycles. The highest BCUT2D eigenvalue weighted by molar-refractivity contribution is 9.10. The number of aromatic nitrogens is 1. The Hall–Kier alpha value is -0.0600. The number of pyridine rings is 1. The molecule has 1 heterocycles. The smallest absolute Gasteiger partial charge is 0.0671 e. The van der Waals surface area contributed by atoms with Crippen LogP contribution in [0.2, 0.25) is 0 Å². The number of aliphatic hydroxyl groups is 1. The highest BCUT2D eigenvalue weighted by Gasteiger charge is 2.05. The number of hydrogen-bond acceptors (Lipinski definition) is 3. The molecule has 0 radical (unpaired) electrons. The Kier molecular flexibility index (Phi) is 6.29. The molecule has 0 aromatic carbocycles. The van der Waals surface area contributed by atoms with E-state index in [9.17, 15) is 5.11 Å². The molecule has 0 saturated carbocycles. The van der Waals surface area contributed by atoms with Crippen molar-refractivity contribution in [3.63, 3.8) is 0 Å². The summed E-state index contributed by atoms with van der Waals surface area (Å²) in [6, 6.07) is 2.00. The molecular weight excluding hydrogens is 274 g/mol. The van der Waals surface area contributed by atoms with E-state index >= 15 is 0 Å². The van der Waals surface area contributed by atoms with Crippen LogP contribution >= 0.6 is 27.7 Å². The second-order valence-corrected chi connectivity index (χ2v) is 5.51. The van der Waals surface area contributed by atoms with E-state index in [0.29, 0.717) is 6.42 Å². The zero-order valence-corrected chi connectivity index (χ0v) is 11.2. The first-order chi connectivity index (χ1) is 7.22. The van der Waals surface area contributed by atoms with Gasteiger partial charge in [-0.25, -0.2) is 0 Å². The van der Waals surface area contributed by atoms with Gasteiger partial charge in [0.1, 0.15) is 0 Å². The molecule has 1 N–H and O–H groups in total. The van der Waals surface area contributed by atoms with Gasteiger partial charge in [0.05, 0.1) is 6.10 Å². The Morgan fingerprint density at radius 1 is 1.53 bits per heavy atom. The van der Waals surface area contributed by atoms with Gasteiger partial charge in [0.2, 0.25) is 0 Å². The minimum absolute atomic E-state index is 0.266. The van der Waals surface area contributed by atoms with Gasteiger partial charge in [0.25, 0.3) is 0 Å². The first kappa shape index (κ1) is 13.0. The van der Waals surface area contributed by atoms with Crippen molar-refractivity contribution in [2.45, 2.75) is 25.9 Å². The predicted molar refractivity (Wildman–Crippen MR) is 69.3 cm³/mol. The van der Waals surface area contributed by atoms with E-state index < -0.39 is 0 Å². The highest BCUT2D eigenvalue weighted by atomic mass is 79.9. The van der Waals surface area contributed by atoms with Crippen molar-refractivity contribution in [1.82, 2.24) is 4.98 Å². The van der Waals surface area contributed by atoms with Gasteiger partial charge in [-0.1, -0.05) is 6.92 Å². The molecule has 0 amide bonds. The maximum atomic E-state index is 9.76. The fourth-order valence-corrected chi connectivity index (χ4v) is 2.52. The molecule has 0 fully saturated rings. The molecule has 0 saturated heterocycles. The molecule has 2 nitrogen and oxygen atoms in total. The highest BCUT2D eigenvalue weighted by Crippen LogP contribution is 2.13. The number of nitrogens with zero attached hydrogens (tertiary/aromatic N) is 1. The van der Waals surface area contributed by atoms with Crippen LogP contribution in [0.4, 0.5) is 0 Å². The summed E-state index contributed by atoms with van der Waals surface area (Å²) >= 11 is 5.17. The summed E-state index contributed by atoms with van der Waals surface area (Å²) in [6.45, 7) is 2.15. The topological polar surface area (TPSA) is 33.1 Å². The van der Waals surface area contributed by atoms with E-state index in [-0.39, 0.29) is 6.10 Å². The molecule has 4 heteroatoms. The molecule has 0 aliphatic heterocycles. The quantitative estimate of drug-likeness (QED) is 0.818. The number of hydrogen-bond donors (Lipinski definition) is 1. The van der Waals surface area contributed by atoms with Crippen molar-refractivity contribution in [2.75, 3.05) is 11.5 Å². The molecule has 1 unspecified atom stereocenters. The van der Waals surface area contributed by atoms with E-state index in [0.717, 1.165) is 28.0 Å². The molecule has 15 heavy (non-hydrogen) atoms. The summed E-state index contributed by atoms with van der Waals surface area (Å²) in [5, 5.41) is 9.76. The fraction of sp³-hybridized carbons (Fsp3) is 0.545. The van der Waals surface area contributed by atoms with Crippen molar-refractivity contribution in [3.05, 3.63) is 28.5 Å². The number of halogens is 1. The van der Waals surface area contributed by atoms with Crippen LogP contribution < -0.4 is 0 Å². The monoisotopic (exact) mass is 289 g/mol. The summed E-state index contributed by atoms with van der Waals surface area (Å²) in [5.74, 6) is 1.92. The summed E-state index contributed by atoms with van der Waals surface area (Å²) < 4.78 is 0.966. The van der Waals surface area contributed by atoms with Gasteiger partial charge in [-0.3, -0.25) is 4.98 Å². The maximum Gasteiger partial charge on any atom is 0.0671 e. The molecule has 1 atom stereocenters. The minimum atomic E-state index is -0.266. The molecule has 0 spiro atoms. The van der Waals surface area contributed by atoms with Crippen LogP contribution in [0.15, 0.2) is 22.9 Å². The van der Waals surface area contributed by atoms with E-state index in [1.807, 2.05) is 6.07 Å². The number of rotatable bonds is 6. The van der Waals surface area contributed by atoms with Gasteiger partial charge in [0.15, 0.2) is 0 Å². The first-order valence-electron chi connectivity index (χ1n) is 5.07. The third-order valence-electron chi connectivity index (χ3n) is 1.89. The van der Waals surface area contributed by atoms with E-state index in [1.54, 1.807) is 24.2 Å². The average molecular weight is 290 g/mol. The zero-order valence-electron chi connectivity index (χ0n) is 8.82. The molecular formula is C11H16BrNOS. The van der Waals surface area contributed by atoms with Crippen LogP contribution in [0.1, 0.15) is 18.9 Å². The van der Waals surface area contributed by atoms with Gasteiger partial charge in [-0.2, -0.15) is 11.8 Å². The summed E-state index contributed by atoms with van der Waals surface area (Å²) in [6.07, 6.45) is 5.14. The third kappa shape index (κ3) is 5.54. The Bertz CT molecular complexity index is 296. The Balaban J connectivity index is 2.34. The van der Waals surface area contributed by atoms with E-state index in [4.69, 9.17) is 0 Å². The molecule has 0 aliphatic rings. The molecule has 84 valence electrons. The van der Waals surface area contributed by atoms with Crippen LogP contribution in [0.3, 0.4) is 0 Å². The predicted octanol–water partition coefficient (Wildman–Crippen LogP) is 2.89. The molecule has 0 bridgehead atoms. The van der Waals surface area contributed by atoms with E-state index in [2.05, 4.69) is 27.8 Å². The van der Waals surface area contributed by atoms with E-state index in [1.165, 1.54) is 0 Å². The molecule has 1 aromatic rings. The van der Waals surface area contributed by atoms with Gasteiger partial charge in [-0.15, -0.1) is 0 Å². The summed E-state index contributed by atoms with van der Waals surface area (Å²) in [7, 11) is 0. The average Bonchev–Trinajstić information content (AvgIpc) is 2.18. The lowest BCUT2D eigenvalue weighted by atomic mass is 10.1.